The number of carbonyl (C=O) groups is 8. The second-order valence-corrected chi connectivity index (χ2v) is 30.2. The van der Waals surface area contributed by atoms with E-state index in [1.807, 2.05) is 62.4 Å². The van der Waals surface area contributed by atoms with Gasteiger partial charge in [-0.3, -0.25) is 48.8 Å². The van der Waals surface area contributed by atoms with E-state index < -0.39 is 99.0 Å². The van der Waals surface area contributed by atoms with Crippen molar-refractivity contribution in [2.45, 2.75) is 147 Å². The maximum absolute atomic E-state index is 14.5. The Bertz CT molecular complexity index is 3240. The van der Waals surface area contributed by atoms with E-state index in [0.717, 1.165) is 37.5 Å². The van der Waals surface area contributed by atoms with Crippen LogP contribution < -0.4 is 58.6 Å². The van der Waals surface area contributed by atoms with Crippen LogP contribution in [0.15, 0.2) is 152 Å². The van der Waals surface area contributed by atoms with E-state index in [0.29, 0.717) is 23.5 Å². The van der Waals surface area contributed by atoms with Gasteiger partial charge in [-0.2, -0.15) is 0 Å². The smallest absolute Gasteiger partial charge is 0.346 e. The van der Waals surface area contributed by atoms with Gasteiger partial charge in [-0.15, -0.1) is 11.8 Å². The molecule has 21 nitrogen and oxygen atoms in total. The maximum atomic E-state index is 14.5. The molecule has 0 fully saturated rings. The SMILES string of the molecule is CC(C)C[C@H](NC(=O)[C@@H](NC(=O)[C@H](C)NC(=O)CNC(=O)CSCC1CC[N+]2=C(NC(CO[Si](c3ccccc3)(c3ccccc3)C(C)(C)C)CC2)N1)[C@@H](C)OCc1ccccc1)C(=O)N[C@@H](CC(N)=O)C(=O)N[C@@H](Cc1ccccc1)C(=O)OCc1ccccc1. The average molecular weight is 1300 g/mol. The second-order valence-electron chi connectivity index (χ2n) is 24.9. The first kappa shape index (κ1) is 71.1. The molecule has 7 amide bonds. The van der Waals surface area contributed by atoms with Crippen molar-refractivity contribution in [2.75, 3.05) is 37.7 Å². The molecule has 5 aromatic carbocycles. The number of primary amides is 1. The number of esters is 1. The normalized spacial score (nSPS) is 16.7. The highest BCUT2D eigenvalue weighted by Crippen LogP contribution is 2.37. The molecule has 492 valence electrons. The van der Waals surface area contributed by atoms with Gasteiger partial charge < -0.3 is 51.5 Å². The molecule has 0 saturated heterocycles. The molecule has 0 aliphatic carbocycles. The van der Waals surface area contributed by atoms with Crippen molar-refractivity contribution < 1.29 is 56.8 Å². The predicted octanol–water partition coefficient (Wildman–Crippen LogP) is 3.46. The molecule has 0 bridgehead atoms. The van der Waals surface area contributed by atoms with E-state index in [1.165, 1.54) is 29.1 Å². The van der Waals surface area contributed by atoms with Crippen LogP contribution in [0.1, 0.15) is 90.8 Å². The summed E-state index contributed by atoms with van der Waals surface area (Å²) in [7, 11) is -2.73. The Labute approximate surface area is 545 Å². The molecular weight excluding hydrogens is 1200 g/mol. The lowest BCUT2D eigenvalue weighted by Crippen LogP contribution is -2.68. The molecule has 0 aromatic heterocycles. The highest BCUT2D eigenvalue weighted by Gasteiger charge is 2.51. The summed E-state index contributed by atoms with van der Waals surface area (Å²) in [5.41, 5.74) is 7.79. The number of ether oxygens (including phenoxy) is 2. The van der Waals surface area contributed by atoms with Crippen LogP contribution in [0.25, 0.3) is 0 Å². The minimum Gasteiger partial charge on any atom is -0.459 e. The number of guanidine groups is 1. The van der Waals surface area contributed by atoms with E-state index in [2.05, 4.69) is 116 Å². The van der Waals surface area contributed by atoms with Gasteiger partial charge in [0.25, 0.3) is 8.32 Å². The van der Waals surface area contributed by atoms with Crippen molar-refractivity contribution in [2.24, 2.45) is 11.7 Å². The molecule has 2 heterocycles. The van der Waals surface area contributed by atoms with Gasteiger partial charge in [0.05, 0.1) is 63.2 Å². The quantitative estimate of drug-likeness (QED) is 0.0165. The van der Waals surface area contributed by atoms with Crippen molar-refractivity contribution in [1.82, 2.24) is 42.5 Å². The number of nitrogens with two attached hydrogens (primary N) is 1. The van der Waals surface area contributed by atoms with Gasteiger partial charge in [0.15, 0.2) is 0 Å². The molecule has 5 aromatic rings. The number of thioether (sulfide) groups is 1. The number of nitrogens with one attached hydrogen (secondary N) is 8. The first-order valence-electron chi connectivity index (χ1n) is 31.5. The highest BCUT2D eigenvalue weighted by atomic mass is 32.2. The van der Waals surface area contributed by atoms with E-state index >= 15 is 0 Å². The molecule has 7 rings (SSSR count). The van der Waals surface area contributed by atoms with Crippen LogP contribution in [0.4, 0.5) is 0 Å². The van der Waals surface area contributed by atoms with Crippen LogP contribution in [-0.4, -0.2) is 152 Å². The molecule has 92 heavy (non-hydrogen) atoms. The number of hydrogen-bond acceptors (Lipinski definition) is 14. The highest BCUT2D eigenvalue weighted by molar-refractivity contribution is 8.00. The van der Waals surface area contributed by atoms with Gasteiger partial charge in [0.1, 0.15) is 36.8 Å². The molecule has 2 aliphatic rings. The van der Waals surface area contributed by atoms with Crippen molar-refractivity contribution in [3.63, 3.8) is 0 Å². The Morgan fingerprint density at radius 3 is 1.68 bits per heavy atom. The molecule has 0 spiro atoms. The molecule has 0 radical (unpaired) electrons. The first-order valence-corrected chi connectivity index (χ1v) is 34.6. The topological polar surface area (TPSA) is 290 Å². The molecule has 23 heteroatoms. The van der Waals surface area contributed by atoms with Crippen LogP contribution in [-0.2, 0) is 71.9 Å². The number of nitrogens with zero attached hydrogens (tertiary/aromatic N) is 1. The van der Waals surface area contributed by atoms with Gasteiger partial charge in [-0.25, -0.2) is 4.79 Å². The van der Waals surface area contributed by atoms with Crippen molar-refractivity contribution >= 4 is 83.7 Å². The Hall–Kier alpha value is -8.38. The van der Waals surface area contributed by atoms with Gasteiger partial charge in [0.2, 0.25) is 41.4 Å². The van der Waals surface area contributed by atoms with E-state index in [1.54, 1.807) is 61.5 Å². The third-order valence-corrected chi connectivity index (χ3v) is 22.2. The van der Waals surface area contributed by atoms with Crippen molar-refractivity contribution in [3.8, 4) is 0 Å². The molecule has 0 saturated carbocycles. The Morgan fingerprint density at radius 2 is 1.12 bits per heavy atom. The van der Waals surface area contributed by atoms with Crippen LogP contribution in [0.5, 0.6) is 0 Å². The third kappa shape index (κ3) is 21.4. The number of amides is 7. The molecule has 2 unspecified atom stereocenters. The fourth-order valence-electron chi connectivity index (χ4n) is 11.2. The zero-order chi connectivity index (χ0) is 66.2. The second kappa shape index (κ2) is 34.9. The third-order valence-electron chi connectivity index (χ3n) is 16.1. The Balaban J connectivity index is 0.912. The summed E-state index contributed by atoms with van der Waals surface area (Å²) < 4.78 is 21.3. The fourth-order valence-corrected chi connectivity index (χ4v) is 16.7. The van der Waals surface area contributed by atoms with Crippen molar-refractivity contribution in [1.29, 1.82) is 0 Å². The number of benzene rings is 5. The summed E-state index contributed by atoms with van der Waals surface area (Å²) >= 11 is 1.45. The van der Waals surface area contributed by atoms with E-state index in [4.69, 9.17) is 19.6 Å². The monoisotopic (exact) mass is 1300 g/mol. The summed E-state index contributed by atoms with van der Waals surface area (Å²) in [6.45, 7) is 15.3. The van der Waals surface area contributed by atoms with E-state index in [9.17, 15) is 38.4 Å². The zero-order valence-corrected chi connectivity index (χ0v) is 55.6. The summed E-state index contributed by atoms with van der Waals surface area (Å²) in [4.78, 5) is 109. The number of carbonyl (C=O) groups excluding carboxylic acids is 8. The Kier molecular flexibility index (Phi) is 26.9. The molecule has 10 N–H and O–H groups in total. The van der Waals surface area contributed by atoms with Gasteiger partial charge in [-0.05, 0) is 58.3 Å². The lowest BCUT2D eigenvalue weighted by Gasteiger charge is -2.44. The average Bonchev–Trinajstić information content (AvgIpc) is 0.751. The minimum absolute atomic E-state index is 0.0156. The lowest BCUT2D eigenvalue weighted by molar-refractivity contribution is -0.542. The van der Waals surface area contributed by atoms with Crippen LogP contribution in [0.2, 0.25) is 5.04 Å². The van der Waals surface area contributed by atoms with Gasteiger partial charge >= 0.3 is 11.9 Å². The fraction of sp³-hybridized carbons (Fsp3) is 0.435. The van der Waals surface area contributed by atoms with Crippen LogP contribution in [0, 0.1) is 5.92 Å². The maximum Gasteiger partial charge on any atom is 0.346 e. The summed E-state index contributed by atoms with van der Waals surface area (Å²) in [6, 6.07) is 41.6. The first-order chi connectivity index (χ1) is 44.1. The molecular formula is C69H91N10O11SSi+. The molecule has 8 atom stereocenters. The number of hydrogen-bond donors (Lipinski definition) is 9. The summed E-state index contributed by atoms with van der Waals surface area (Å²) in [5.74, 6) is -4.59. The van der Waals surface area contributed by atoms with E-state index in [-0.39, 0.29) is 60.8 Å². The predicted molar refractivity (Wildman–Crippen MR) is 358 cm³/mol. The van der Waals surface area contributed by atoms with Crippen molar-refractivity contribution in [3.05, 3.63) is 168 Å². The lowest BCUT2D eigenvalue weighted by atomic mass is 10.0. The minimum atomic E-state index is -2.73. The Morgan fingerprint density at radius 1 is 0.609 bits per heavy atom. The standard InChI is InChI=1S/C69H90N10O11SSi/c1-46(2)37-56(64(84)75-57(39-59(70)80)65(85)77-58(38-49-23-13-8-14-24-49)67(87)89-42-51-27-17-10-18-28-51)76-66(86)62(48(4)88-41-50-25-15-9-16-26-50)78-63(83)47(3)72-60(81)40-71-61(82)45-91-44-53-34-36-79-35-33-52(73-68(79)74-53)43-90-92(69(5,6)7,54-29-19-11-20-30-54)55-31-21-12-22-32-55/h8-32,46-48,52-53,56-58,62H,33-45H2,1-7H3,(H9,70,71,72,73,74,75,76,77,78,80,81,82,83,84,85,86)/p+1/t47-,48+,52?,53?,56-,57-,58-,62-/m0/s1. The zero-order valence-electron chi connectivity index (χ0n) is 53.7. The van der Waals surface area contributed by atoms with Crippen LogP contribution in [0.3, 0.4) is 0 Å². The summed E-state index contributed by atoms with van der Waals surface area (Å²) in [6.07, 6.45) is 0.183. The molecule has 2 aliphatic heterocycles. The van der Waals surface area contributed by atoms with Gasteiger partial charge in [-0.1, -0.05) is 186 Å². The summed E-state index contributed by atoms with van der Waals surface area (Å²) in [5, 5.41) is 25.6. The van der Waals surface area contributed by atoms with Gasteiger partial charge in [0, 0.05) is 25.0 Å². The van der Waals surface area contributed by atoms with Crippen LogP contribution >= 0.6 is 11.8 Å². The largest absolute Gasteiger partial charge is 0.459 e. The number of rotatable bonds is 33.